The van der Waals surface area contributed by atoms with Crippen LogP contribution in [0.2, 0.25) is 0 Å². The molecule has 6 nitrogen and oxygen atoms in total. The van der Waals surface area contributed by atoms with Crippen LogP contribution in [-0.2, 0) is 19.1 Å². The van der Waals surface area contributed by atoms with E-state index in [1.54, 1.807) is 11.4 Å². The van der Waals surface area contributed by atoms with Gasteiger partial charge < -0.3 is 14.4 Å². The molecule has 0 aliphatic rings. The monoisotopic (exact) mass is 349 g/mol. The number of hydrogen-bond donors (Lipinski definition) is 0. The summed E-state index contributed by atoms with van der Waals surface area (Å²) in [5, 5.41) is 1.63. The first-order valence-corrected chi connectivity index (χ1v) is 6.82. The molecule has 19 heavy (non-hydrogen) atoms. The van der Waals surface area contributed by atoms with Crippen LogP contribution in [0, 0.1) is 0 Å². The van der Waals surface area contributed by atoms with Crippen molar-refractivity contribution in [2.24, 2.45) is 0 Å². The molecular formula is C11H12BrNO5S. The van der Waals surface area contributed by atoms with Crippen molar-refractivity contribution >= 4 is 45.1 Å². The maximum absolute atomic E-state index is 12.2. The largest absolute Gasteiger partial charge is 0.468 e. The summed E-state index contributed by atoms with van der Waals surface area (Å²) in [7, 11) is 2.43. The predicted molar refractivity (Wildman–Crippen MR) is 72.0 cm³/mol. The van der Waals surface area contributed by atoms with Crippen LogP contribution in [0.4, 0.5) is 0 Å². The summed E-state index contributed by atoms with van der Waals surface area (Å²) < 4.78 is 9.78. The number of esters is 2. The minimum atomic E-state index is -0.605. The van der Waals surface area contributed by atoms with E-state index in [-0.39, 0.29) is 13.1 Å². The molecule has 0 N–H and O–H groups in total. The molecule has 0 bridgehead atoms. The van der Waals surface area contributed by atoms with Gasteiger partial charge in [-0.25, -0.2) is 0 Å². The molecule has 1 aromatic rings. The van der Waals surface area contributed by atoms with Crippen LogP contribution < -0.4 is 0 Å². The molecule has 0 aliphatic heterocycles. The first kappa shape index (κ1) is 15.6. The van der Waals surface area contributed by atoms with Gasteiger partial charge in [0.2, 0.25) is 0 Å². The zero-order chi connectivity index (χ0) is 14.4. The Labute approximate surface area is 122 Å². The average molecular weight is 350 g/mol. The lowest BCUT2D eigenvalue weighted by Crippen LogP contribution is -2.40. The summed E-state index contributed by atoms with van der Waals surface area (Å²) in [6.45, 7) is -0.615. The normalized spacial score (nSPS) is 9.84. The van der Waals surface area contributed by atoms with Crippen LogP contribution in [0.25, 0.3) is 0 Å². The second-order valence-corrected chi connectivity index (χ2v) is 5.74. The second-order valence-electron chi connectivity index (χ2n) is 3.45. The zero-order valence-corrected chi connectivity index (χ0v) is 12.7. The lowest BCUT2D eigenvalue weighted by atomic mass is 10.3. The van der Waals surface area contributed by atoms with Crippen LogP contribution in [0.15, 0.2) is 15.2 Å². The lowest BCUT2D eigenvalue weighted by molar-refractivity contribution is -0.144. The number of thiophene rings is 1. The van der Waals surface area contributed by atoms with E-state index in [0.29, 0.717) is 5.56 Å². The van der Waals surface area contributed by atoms with Crippen molar-refractivity contribution < 1.29 is 23.9 Å². The highest BCUT2D eigenvalue weighted by Gasteiger charge is 2.23. The predicted octanol–water partition coefficient (Wildman–Crippen LogP) is 1.30. The van der Waals surface area contributed by atoms with E-state index in [4.69, 9.17) is 0 Å². The summed E-state index contributed by atoms with van der Waals surface area (Å²) in [4.78, 5) is 35.7. The van der Waals surface area contributed by atoms with Gasteiger partial charge in [0.25, 0.3) is 5.91 Å². The van der Waals surface area contributed by atoms with E-state index in [1.165, 1.54) is 25.6 Å². The molecule has 0 atom stereocenters. The first-order valence-electron chi connectivity index (χ1n) is 5.15. The first-order chi connectivity index (χ1) is 8.97. The summed E-state index contributed by atoms with van der Waals surface area (Å²) in [6.07, 6.45) is 0. The number of rotatable bonds is 5. The van der Waals surface area contributed by atoms with E-state index in [0.717, 1.165) is 8.69 Å². The molecule has 1 aromatic heterocycles. The SMILES string of the molecule is COC(=O)CN(CC(=O)OC)C(=O)c1csc(Br)c1. The number of carbonyl (C=O) groups is 3. The highest BCUT2D eigenvalue weighted by molar-refractivity contribution is 9.11. The van der Waals surface area contributed by atoms with E-state index in [9.17, 15) is 14.4 Å². The van der Waals surface area contributed by atoms with Gasteiger partial charge in [-0.1, -0.05) is 0 Å². The Bertz CT molecular complexity index is 469. The smallest absolute Gasteiger partial charge is 0.325 e. The molecule has 1 heterocycles. The third kappa shape index (κ3) is 4.64. The summed E-state index contributed by atoms with van der Waals surface area (Å²) in [5.41, 5.74) is 0.393. The van der Waals surface area contributed by atoms with Gasteiger partial charge in [-0.2, -0.15) is 0 Å². The topological polar surface area (TPSA) is 72.9 Å². The molecule has 0 saturated carbocycles. The van der Waals surface area contributed by atoms with E-state index in [1.807, 2.05) is 0 Å². The molecule has 104 valence electrons. The van der Waals surface area contributed by atoms with Gasteiger partial charge in [0.1, 0.15) is 13.1 Å². The second kappa shape index (κ2) is 7.25. The fraction of sp³-hybridized carbons (Fsp3) is 0.364. The van der Waals surface area contributed by atoms with Gasteiger partial charge in [-0.3, -0.25) is 14.4 Å². The maximum Gasteiger partial charge on any atom is 0.325 e. The quantitative estimate of drug-likeness (QED) is 0.749. The highest BCUT2D eigenvalue weighted by Crippen LogP contribution is 2.21. The van der Waals surface area contributed by atoms with Crippen molar-refractivity contribution in [3.63, 3.8) is 0 Å². The summed E-state index contributed by atoms with van der Waals surface area (Å²) >= 11 is 4.58. The number of methoxy groups -OCH3 is 2. The molecule has 0 aliphatic carbocycles. The van der Waals surface area contributed by atoms with Gasteiger partial charge in [0.05, 0.1) is 23.6 Å². The molecule has 0 spiro atoms. The number of carbonyl (C=O) groups excluding carboxylic acids is 3. The summed E-state index contributed by atoms with van der Waals surface area (Å²) in [6, 6.07) is 1.62. The van der Waals surface area contributed by atoms with Crippen LogP contribution >= 0.6 is 27.3 Å². The number of ether oxygens (including phenoxy) is 2. The number of halogens is 1. The number of amides is 1. The minimum Gasteiger partial charge on any atom is -0.468 e. The fourth-order valence-electron chi connectivity index (χ4n) is 1.25. The highest BCUT2D eigenvalue weighted by atomic mass is 79.9. The maximum atomic E-state index is 12.2. The standard InChI is InChI=1S/C11H12BrNO5S/c1-17-9(14)4-13(5-10(15)18-2)11(16)7-3-8(12)19-6-7/h3,6H,4-5H2,1-2H3. The third-order valence-electron chi connectivity index (χ3n) is 2.20. The van der Waals surface area contributed by atoms with Crippen LogP contribution in [0.1, 0.15) is 10.4 Å². The Morgan fingerprint density at radius 2 is 1.74 bits per heavy atom. The molecule has 0 radical (unpaired) electrons. The van der Waals surface area contributed by atoms with Gasteiger partial charge in [0, 0.05) is 5.38 Å². The number of nitrogens with zero attached hydrogens (tertiary/aromatic N) is 1. The third-order valence-corrected chi connectivity index (χ3v) is 3.70. The minimum absolute atomic E-state index is 0.308. The van der Waals surface area contributed by atoms with Gasteiger partial charge in [-0.05, 0) is 22.0 Å². The molecule has 8 heteroatoms. The Balaban J connectivity index is 2.85. The molecule has 1 rings (SSSR count). The molecular weight excluding hydrogens is 338 g/mol. The van der Waals surface area contributed by atoms with Crippen molar-refractivity contribution in [2.75, 3.05) is 27.3 Å². The molecule has 1 amide bonds. The molecule has 0 saturated heterocycles. The van der Waals surface area contributed by atoms with Crippen molar-refractivity contribution in [3.05, 3.63) is 20.8 Å². The molecule has 0 aromatic carbocycles. The van der Waals surface area contributed by atoms with E-state index >= 15 is 0 Å². The Hall–Kier alpha value is -1.41. The van der Waals surface area contributed by atoms with Crippen LogP contribution in [-0.4, -0.2) is 50.1 Å². The van der Waals surface area contributed by atoms with E-state index < -0.39 is 17.8 Å². The van der Waals surface area contributed by atoms with Crippen molar-refractivity contribution in [2.45, 2.75) is 0 Å². The lowest BCUT2D eigenvalue weighted by Gasteiger charge is -2.19. The van der Waals surface area contributed by atoms with Crippen molar-refractivity contribution in [3.8, 4) is 0 Å². The van der Waals surface area contributed by atoms with E-state index in [2.05, 4.69) is 25.4 Å². The number of hydrogen-bond acceptors (Lipinski definition) is 6. The Kier molecular flexibility index (Phi) is 5.97. The summed E-state index contributed by atoms with van der Waals surface area (Å²) in [5.74, 6) is -1.64. The van der Waals surface area contributed by atoms with Crippen LogP contribution in [0.3, 0.4) is 0 Å². The van der Waals surface area contributed by atoms with Gasteiger partial charge in [-0.15, -0.1) is 11.3 Å². The Morgan fingerprint density at radius 1 is 1.21 bits per heavy atom. The van der Waals surface area contributed by atoms with Gasteiger partial charge in [0.15, 0.2) is 0 Å². The fourth-order valence-corrected chi connectivity index (χ4v) is 2.38. The molecule has 0 unspecified atom stereocenters. The Morgan fingerprint density at radius 3 is 2.11 bits per heavy atom. The van der Waals surface area contributed by atoms with Gasteiger partial charge >= 0.3 is 11.9 Å². The molecule has 0 fully saturated rings. The van der Waals surface area contributed by atoms with Crippen molar-refractivity contribution in [1.29, 1.82) is 0 Å². The van der Waals surface area contributed by atoms with Crippen molar-refractivity contribution in [1.82, 2.24) is 4.90 Å². The zero-order valence-electron chi connectivity index (χ0n) is 10.3. The van der Waals surface area contributed by atoms with Crippen LogP contribution in [0.5, 0.6) is 0 Å². The average Bonchev–Trinajstić information content (AvgIpc) is 2.83.